The van der Waals surface area contributed by atoms with Crippen molar-refractivity contribution < 1.29 is 14.4 Å². The molecule has 4 rings (SSSR count). The highest BCUT2D eigenvalue weighted by Crippen LogP contribution is 2.26. The Morgan fingerprint density at radius 1 is 0.862 bits per heavy atom. The lowest BCUT2D eigenvalue weighted by atomic mass is 10.0. The SMILES string of the molecule is Cc1cccc(NC(=O)[C@@H](Cc2ccccc2)N2C(=O)c3ccccc3C2=O)c1. The van der Waals surface area contributed by atoms with Crippen LogP contribution in [0.5, 0.6) is 0 Å². The van der Waals surface area contributed by atoms with Crippen LogP contribution in [-0.4, -0.2) is 28.7 Å². The molecule has 0 aliphatic carbocycles. The molecule has 1 aliphatic rings. The summed E-state index contributed by atoms with van der Waals surface area (Å²) < 4.78 is 0. The maximum atomic E-state index is 13.2. The van der Waals surface area contributed by atoms with Crippen LogP contribution in [0.15, 0.2) is 78.9 Å². The molecule has 0 unspecified atom stereocenters. The molecule has 3 amide bonds. The van der Waals surface area contributed by atoms with Gasteiger partial charge in [-0.3, -0.25) is 19.3 Å². The second kappa shape index (κ2) is 7.72. The van der Waals surface area contributed by atoms with Gasteiger partial charge in [0, 0.05) is 12.1 Å². The van der Waals surface area contributed by atoms with Gasteiger partial charge in [0.25, 0.3) is 11.8 Å². The Balaban J connectivity index is 1.68. The molecule has 1 atom stereocenters. The van der Waals surface area contributed by atoms with Crippen molar-refractivity contribution in [2.45, 2.75) is 19.4 Å². The Bertz CT molecular complexity index is 1060. The van der Waals surface area contributed by atoms with Crippen LogP contribution in [0, 0.1) is 6.92 Å². The Hall–Kier alpha value is -3.73. The number of benzene rings is 3. The van der Waals surface area contributed by atoms with E-state index in [1.165, 1.54) is 0 Å². The molecule has 0 radical (unpaired) electrons. The third-order valence-corrected chi connectivity index (χ3v) is 5.00. The number of hydrogen-bond acceptors (Lipinski definition) is 3. The number of fused-ring (bicyclic) bond motifs is 1. The number of rotatable bonds is 5. The van der Waals surface area contributed by atoms with E-state index in [1.54, 1.807) is 30.3 Å². The van der Waals surface area contributed by atoms with Gasteiger partial charge in [0.15, 0.2) is 0 Å². The molecule has 144 valence electrons. The van der Waals surface area contributed by atoms with Crippen molar-refractivity contribution in [3.63, 3.8) is 0 Å². The van der Waals surface area contributed by atoms with E-state index in [9.17, 15) is 14.4 Å². The summed E-state index contributed by atoms with van der Waals surface area (Å²) in [5.74, 6) is -1.27. The molecule has 5 heteroatoms. The van der Waals surface area contributed by atoms with E-state index in [2.05, 4.69) is 5.32 Å². The van der Waals surface area contributed by atoms with Crippen molar-refractivity contribution in [2.75, 3.05) is 5.32 Å². The average molecular weight is 384 g/mol. The third kappa shape index (κ3) is 3.67. The fourth-order valence-corrected chi connectivity index (χ4v) is 3.58. The summed E-state index contributed by atoms with van der Waals surface area (Å²) in [6.07, 6.45) is 0.240. The molecular weight excluding hydrogens is 364 g/mol. The lowest BCUT2D eigenvalue weighted by Crippen LogP contribution is -2.48. The highest BCUT2D eigenvalue weighted by molar-refractivity contribution is 6.23. The van der Waals surface area contributed by atoms with Gasteiger partial charge in [-0.25, -0.2) is 0 Å². The topological polar surface area (TPSA) is 66.5 Å². The van der Waals surface area contributed by atoms with Gasteiger partial charge in [-0.05, 0) is 42.3 Å². The molecule has 1 aliphatic heterocycles. The molecule has 3 aromatic rings. The second-order valence-corrected chi connectivity index (χ2v) is 7.09. The minimum atomic E-state index is -0.953. The molecule has 0 saturated carbocycles. The first-order chi connectivity index (χ1) is 14.0. The van der Waals surface area contributed by atoms with Crippen LogP contribution in [0.25, 0.3) is 0 Å². The molecular formula is C24H20N2O3. The second-order valence-electron chi connectivity index (χ2n) is 7.09. The monoisotopic (exact) mass is 384 g/mol. The summed E-state index contributed by atoms with van der Waals surface area (Å²) in [6.45, 7) is 1.93. The predicted molar refractivity (Wildman–Crippen MR) is 111 cm³/mol. The van der Waals surface area contributed by atoms with E-state index in [-0.39, 0.29) is 6.42 Å². The van der Waals surface area contributed by atoms with Crippen LogP contribution in [0.4, 0.5) is 5.69 Å². The van der Waals surface area contributed by atoms with Gasteiger partial charge in [-0.15, -0.1) is 0 Å². The fraction of sp³-hybridized carbons (Fsp3) is 0.125. The summed E-state index contributed by atoms with van der Waals surface area (Å²) in [4.78, 5) is 40.2. The lowest BCUT2D eigenvalue weighted by Gasteiger charge is -2.25. The van der Waals surface area contributed by atoms with Gasteiger partial charge >= 0.3 is 0 Å². The summed E-state index contributed by atoms with van der Waals surface area (Å²) in [7, 11) is 0. The lowest BCUT2D eigenvalue weighted by molar-refractivity contribution is -0.119. The quantitative estimate of drug-likeness (QED) is 0.680. The van der Waals surface area contributed by atoms with Crippen molar-refractivity contribution in [1.29, 1.82) is 0 Å². The summed E-state index contributed by atoms with van der Waals surface area (Å²) >= 11 is 0. The first-order valence-electron chi connectivity index (χ1n) is 9.43. The number of aryl methyl sites for hydroxylation is 1. The van der Waals surface area contributed by atoms with Crippen LogP contribution in [-0.2, 0) is 11.2 Å². The first-order valence-corrected chi connectivity index (χ1v) is 9.43. The zero-order chi connectivity index (χ0) is 20.4. The van der Waals surface area contributed by atoms with Gasteiger partial charge in [0.05, 0.1) is 11.1 Å². The molecule has 0 spiro atoms. The van der Waals surface area contributed by atoms with E-state index in [4.69, 9.17) is 0 Å². The highest BCUT2D eigenvalue weighted by atomic mass is 16.2. The van der Waals surface area contributed by atoms with Crippen LogP contribution >= 0.6 is 0 Å². The maximum absolute atomic E-state index is 13.2. The molecule has 29 heavy (non-hydrogen) atoms. The van der Waals surface area contributed by atoms with Crippen molar-refractivity contribution in [3.05, 3.63) is 101 Å². The minimum absolute atomic E-state index is 0.240. The van der Waals surface area contributed by atoms with E-state index in [0.29, 0.717) is 16.8 Å². The number of anilines is 1. The van der Waals surface area contributed by atoms with E-state index in [0.717, 1.165) is 16.0 Å². The number of nitrogens with one attached hydrogen (secondary N) is 1. The number of amides is 3. The van der Waals surface area contributed by atoms with Gasteiger partial charge < -0.3 is 5.32 Å². The van der Waals surface area contributed by atoms with Gasteiger partial charge in [-0.1, -0.05) is 54.6 Å². The number of carbonyl (C=O) groups excluding carboxylic acids is 3. The predicted octanol–water partition coefficient (Wildman–Crippen LogP) is 3.84. The zero-order valence-electron chi connectivity index (χ0n) is 16.0. The van der Waals surface area contributed by atoms with Gasteiger partial charge in [0.1, 0.15) is 6.04 Å². The molecule has 5 nitrogen and oxygen atoms in total. The standard InChI is InChI=1S/C24H20N2O3/c1-16-8-7-11-18(14-16)25-22(27)21(15-17-9-3-2-4-10-17)26-23(28)19-12-5-6-13-20(19)24(26)29/h2-14,21H,15H2,1H3,(H,25,27)/t21-/m1/s1. The van der Waals surface area contributed by atoms with Crippen LogP contribution in [0.2, 0.25) is 0 Å². The Morgan fingerprint density at radius 2 is 1.48 bits per heavy atom. The number of nitrogens with zero attached hydrogens (tertiary/aromatic N) is 1. The molecule has 0 bridgehead atoms. The number of carbonyl (C=O) groups is 3. The number of imide groups is 1. The van der Waals surface area contributed by atoms with Crippen molar-refractivity contribution in [1.82, 2.24) is 4.90 Å². The molecule has 1 heterocycles. The molecule has 0 fully saturated rings. The first kappa shape index (κ1) is 18.6. The average Bonchev–Trinajstić information content (AvgIpc) is 2.98. The van der Waals surface area contributed by atoms with Crippen LogP contribution in [0.3, 0.4) is 0 Å². The largest absolute Gasteiger partial charge is 0.324 e. The Labute approximate surface area is 169 Å². The van der Waals surface area contributed by atoms with E-state index in [1.807, 2.05) is 55.5 Å². The smallest absolute Gasteiger partial charge is 0.262 e. The van der Waals surface area contributed by atoms with E-state index < -0.39 is 23.8 Å². The molecule has 1 N–H and O–H groups in total. The van der Waals surface area contributed by atoms with Gasteiger partial charge in [-0.2, -0.15) is 0 Å². The Kier molecular flexibility index (Phi) is 4.96. The van der Waals surface area contributed by atoms with Gasteiger partial charge in [0.2, 0.25) is 5.91 Å². The highest BCUT2D eigenvalue weighted by Gasteiger charge is 2.42. The van der Waals surface area contributed by atoms with Crippen molar-refractivity contribution in [3.8, 4) is 0 Å². The molecule has 0 saturated heterocycles. The number of hydrogen-bond donors (Lipinski definition) is 1. The van der Waals surface area contributed by atoms with Crippen LogP contribution < -0.4 is 5.32 Å². The zero-order valence-corrected chi connectivity index (χ0v) is 16.0. The fourth-order valence-electron chi connectivity index (χ4n) is 3.58. The third-order valence-electron chi connectivity index (χ3n) is 5.00. The normalized spacial score (nSPS) is 13.9. The van der Waals surface area contributed by atoms with Crippen molar-refractivity contribution >= 4 is 23.4 Å². The van der Waals surface area contributed by atoms with Crippen molar-refractivity contribution in [2.24, 2.45) is 0 Å². The summed E-state index contributed by atoms with van der Waals surface area (Å²) in [5.41, 5.74) is 3.17. The summed E-state index contributed by atoms with van der Waals surface area (Å²) in [5, 5.41) is 2.86. The Morgan fingerprint density at radius 3 is 2.10 bits per heavy atom. The molecule has 0 aromatic heterocycles. The molecule has 3 aromatic carbocycles. The van der Waals surface area contributed by atoms with Crippen LogP contribution in [0.1, 0.15) is 31.8 Å². The maximum Gasteiger partial charge on any atom is 0.262 e. The summed E-state index contributed by atoms with van der Waals surface area (Å²) in [6, 6.07) is 22.5. The minimum Gasteiger partial charge on any atom is -0.324 e. The van der Waals surface area contributed by atoms with E-state index >= 15 is 0 Å².